The number of benzene rings is 1. The first-order chi connectivity index (χ1) is 9.70. The predicted molar refractivity (Wildman–Crippen MR) is 81.1 cm³/mol. The zero-order valence-electron chi connectivity index (χ0n) is 12.3. The normalized spacial score (nSPS) is 21.1. The minimum absolute atomic E-state index is 0.254. The quantitative estimate of drug-likeness (QED) is 0.768. The molecule has 0 aromatic heterocycles. The fourth-order valence-electron chi connectivity index (χ4n) is 2.91. The van der Waals surface area contributed by atoms with Crippen LogP contribution in [0.2, 0.25) is 0 Å². The Bertz CT molecular complexity index is 474. The van der Waals surface area contributed by atoms with Crippen molar-refractivity contribution in [1.82, 2.24) is 9.80 Å². The van der Waals surface area contributed by atoms with Gasteiger partial charge in [0.15, 0.2) is 5.78 Å². The Kier molecular flexibility index (Phi) is 4.18. The number of aryl methyl sites for hydroxylation is 1. The summed E-state index contributed by atoms with van der Waals surface area (Å²) >= 11 is 0. The molecule has 0 bridgehead atoms. The van der Waals surface area contributed by atoms with Gasteiger partial charge in [-0.05, 0) is 31.7 Å². The third-order valence-corrected chi connectivity index (χ3v) is 4.39. The summed E-state index contributed by atoms with van der Waals surface area (Å²) in [6.07, 6.45) is 2.85. The van der Waals surface area contributed by atoms with Crippen LogP contribution < -0.4 is 0 Å². The van der Waals surface area contributed by atoms with Gasteiger partial charge in [0.25, 0.3) is 0 Å². The highest BCUT2D eigenvalue weighted by molar-refractivity contribution is 5.97. The highest BCUT2D eigenvalue weighted by atomic mass is 16.1. The van der Waals surface area contributed by atoms with Gasteiger partial charge >= 0.3 is 0 Å². The SMILES string of the molecule is Cc1cccc(C(=O)CN2CCN(CC3CC3)CC2)c1. The zero-order chi connectivity index (χ0) is 13.9. The van der Waals surface area contributed by atoms with Crippen LogP contribution in [0.15, 0.2) is 24.3 Å². The molecule has 0 unspecified atom stereocenters. The molecule has 1 aliphatic heterocycles. The van der Waals surface area contributed by atoms with E-state index in [0.29, 0.717) is 6.54 Å². The van der Waals surface area contributed by atoms with E-state index in [1.807, 2.05) is 31.2 Å². The highest BCUT2D eigenvalue weighted by Crippen LogP contribution is 2.29. The maximum Gasteiger partial charge on any atom is 0.176 e. The van der Waals surface area contributed by atoms with Crippen molar-refractivity contribution in [3.8, 4) is 0 Å². The van der Waals surface area contributed by atoms with Crippen LogP contribution in [0.4, 0.5) is 0 Å². The molecule has 0 N–H and O–H groups in total. The van der Waals surface area contributed by atoms with Crippen molar-refractivity contribution in [2.24, 2.45) is 5.92 Å². The van der Waals surface area contributed by atoms with Crippen LogP contribution in [0.1, 0.15) is 28.8 Å². The summed E-state index contributed by atoms with van der Waals surface area (Å²) < 4.78 is 0. The first-order valence-electron chi connectivity index (χ1n) is 7.75. The molecule has 1 saturated carbocycles. The van der Waals surface area contributed by atoms with Gasteiger partial charge < -0.3 is 4.90 Å². The molecule has 1 heterocycles. The molecule has 3 heteroatoms. The number of rotatable bonds is 5. The first kappa shape index (κ1) is 13.8. The lowest BCUT2D eigenvalue weighted by Gasteiger charge is -2.34. The summed E-state index contributed by atoms with van der Waals surface area (Å²) in [6.45, 7) is 8.19. The minimum atomic E-state index is 0.254. The van der Waals surface area contributed by atoms with E-state index in [4.69, 9.17) is 0 Å². The van der Waals surface area contributed by atoms with Crippen molar-refractivity contribution in [3.05, 3.63) is 35.4 Å². The Labute approximate surface area is 121 Å². The second kappa shape index (κ2) is 6.06. The number of hydrogen-bond acceptors (Lipinski definition) is 3. The van der Waals surface area contributed by atoms with Crippen LogP contribution in [-0.2, 0) is 0 Å². The van der Waals surface area contributed by atoms with E-state index in [1.165, 1.54) is 19.4 Å². The molecule has 20 heavy (non-hydrogen) atoms. The summed E-state index contributed by atoms with van der Waals surface area (Å²) in [4.78, 5) is 17.1. The third-order valence-electron chi connectivity index (χ3n) is 4.39. The van der Waals surface area contributed by atoms with Gasteiger partial charge in [-0.15, -0.1) is 0 Å². The molecule has 1 aromatic rings. The van der Waals surface area contributed by atoms with Gasteiger partial charge in [-0.3, -0.25) is 9.69 Å². The topological polar surface area (TPSA) is 23.6 Å². The van der Waals surface area contributed by atoms with Crippen LogP contribution in [0, 0.1) is 12.8 Å². The van der Waals surface area contributed by atoms with Gasteiger partial charge in [-0.25, -0.2) is 0 Å². The summed E-state index contributed by atoms with van der Waals surface area (Å²) in [7, 11) is 0. The first-order valence-corrected chi connectivity index (χ1v) is 7.75. The number of hydrogen-bond donors (Lipinski definition) is 0. The predicted octanol–water partition coefficient (Wildman–Crippen LogP) is 2.21. The van der Waals surface area contributed by atoms with Gasteiger partial charge in [0.05, 0.1) is 6.54 Å². The summed E-state index contributed by atoms with van der Waals surface area (Å²) in [6, 6.07) is 7.92. The molecule has 3 rings (SSSR count). The molecule has 0 amide bonds. The molecule has 2 aliphatic rings. The van der Waals surface area contributed by atoms with Crippen LogP contribution in [-0.4, -0.2) is 54.9 Å². The Morgan fingerprint density at radius 2 is 1.85 bits per heavy atom. The van der Waals surface area contributed by atoms with E-state index < -0.39 is 0 Å². The summed E-state index contributed by atoms with van der Waals surface area (Å²) in [5.41, 5.74) is 2.01. The lowest BCUT2D eigenvalue weighted by Crippen LogP contribution is -2.48. The average molecular weight is 272 g/mol. The average Bonchev–Trinajstić information content (AvgIpc) is 3.25. The number of piperazine rings is 1. The smallest absolute Gasteiger partial charge is 0.176 e. The van der Waals surface area contributed by atoms with Gasteiger partial charge in [-0.1, -0.05) is 23.8 Å². The van der Waals surface area contributed by atoms with Gasteiger partial charge in [0.2, 0.25) is 0 Å². The molecule has 1 saturated heterocycles. The molecule has 0 atom stereocenters. The van der Waals surface area contributed by atoms with Gasteiger partial charge in [0.1, 0.15) is 0 Å². The van der Waals surface area contributed by atoms with Crippen molar-refractivity contribution in [2.75, 3.05) is 39.3 Å². The Morgan fingerprint density at radius 3 is 2.50 bits per heavy atom. The van der Waals surface area contributed by atoms with E-state index in [2.05, 4.69) is 9.80 Å². The molecule has 108 valence electrons. The van der Waals surface area contributed by atoms with E-state index in [9.17, 15) is 4.79 Å². The zero-order valence-corrected chi connectivity index (χ0v) is 12.3. The number of ketones is 1. The lowest BCUT2D eigenvalue weighted by atomic mass is 10.1. The van der Waals surface area contributed by atoms with Crippen molar-refractivity contribution >= 4 is 5.78 Å². The fourth-order valence-corrected chi connectivity index (χ4v) is 2.91. The lowest BCUT2D eigenvalue weighted by molar-refractivity contribution is 0.0847. The maximum absolute atomic E-state index is 12.3. The maximum atomic E-state index is 12.3. The highest BCUT2D eigenvalue weighted by Gasteiger charge is 2.26. The number of carbonyl (C=O) groups is 1. The molecular formula is C17H24N2O. The molecule has 1 aromatic carbocycles. The van der Waals surface area contributed by atoms with Crippen LogP contribution >= 0.6 is 0 Å². The second-order valence-electron chi connectivity index (χ2n) is 6.31. The standard InChI is InChI=1S/C17H24N2O/c1-14-3-2-4-16(11-14)17(20)13-19-9-7-18(8-10-19)12-15-5-6-15/h2-4,11,15H,5-10,12-13H2,1H3. The largest absolute Gasteiger partial charge is 0.301 e. The monoisotopic (exact) mass is 272 g/mol. The molecule has 3 nitrogen and oxygen atoms in total. The Morgan fingerprint density at radius 1 is 1.15 bits per heavy atom. The van der Waals surface area contributed by atoms with E-state index >= 15 is 0 Å². The fraction of sp³-hybridized carbons (Fsp3) is 0.588. The van der Waals surface area contributed by atoms with Crippen LogP contribution in [0.3, 0.4) is 0 Å². The molecular weight excluding hydrogens is 248 g/mol. The Hall–Kier alpha value is -1.19. The van der Waals surface area contributed by atoms with Gasteiger partial charge in [-0.2, -0.15) is 0 Å². The molecule has 0 radical (unpaired) electrons. The Balaban J connectivity index is 1.47. The number of Topliss-reactive ketones (excluding diaryl/α,β-unsaturated/α-hetero) is 1. The van der Waals surface area contributed by atoms with Crippen LogP contribution in [0.5, 0.6) is 0 Å². The van der Waals surface area contributed by atoms with Crippen molar-refractivity contribution in [1.29, 1.82) is 0 Å². The summed E-state index contributed by atoms with van der Waals surface area (Å²) in [5, 5.41) is 0. The van der Waals surface area contributed by atoms with E-state index in [-0.39, 0.29) is 5.78 Å². The molecule has 1 aliphatic carbocycles. The van der Waals surface area contributed by atoms with Crippen molar-refractivity contribution in [2.45, 2.75) is 19.8 Å². The van der Waals surface area contributed by atoms with Gasteiger partial charge in [0, 0.05) is 38.3 Å². The van der Waals surface area contributed by atoms with Crippen molar-refractivity contribution in [3.63, 3.8) is 0 Å². The molecule has 0 spiro atoms. The van der Waals surface area contributed by atoms with E-state index in [1.54, 1.807) is 0 Å². The van der Waals surface area contributed by atoms with Crippen LogP contribution in [0.25, 0.3) is 0 Å². The molecule has 2 fully saturated rings. The number of nitrogens with zero attached hydrogens (tertiary/aromatic N) is 2. The second-order valence-corrected chi connectivity index (χ2v) is 6.31. The van der Waals surface area contributed by atoms with Crippen molar-refractivity contribution < 1.29 is 4.79 Å². The third kappa shape index (κ3) is 3.68. The van der Waals surface area contributed by atoms with E-state index in [0.717, 1.165) is 43.2 Å². The minimum Gasteiger partial charge on any atom is -0.301 e. The summed E-state index contributed by atoms with van der Waals surface area (Å²) in [5.74, 6) is 1.22. The number of carbonyl (C=O) groups excluding carboxylic acids is 1.